The SMILES string of the molecule is CCn1nc(-c2ccccc2)c(C(=O)c2ccccc2)c(Nc2cccc(Cl)c2)c1=O. The average molecular weight is 430 g/mol. The largest absolute Gasteiger partial charge is 0.350 e. The van der Waals surface area contributed by atoms with Gasteiger partial charge in [-0.25, -0.2) is 4.68 Å². The van der Waals surface area contributed by atoms with Gasteiger partial charge in [-0.05, 0) is 25.1 Å². The summed E-state index contributed by atoms with van der Waals surface area (Å²) in [6.45, 7) is 2.20. The van der Waals surface area contributed by atoms with Gasteiger partial charge in [0, 0.05) is 28.4 Å². The number of ketones is 1. The van der Waals surface area contributed by atoms with Gasteiger partial charge in [0.2, 0.25) is 0 Å². The molecule has 0 aliphatic heterocycles. The summed E-state index contributed by atoms with van der Waals surface area (Å²) in [4.78, 5) is 26.9. The Morgan fingerprint density at radius 3 is 2.29 bits per heavy atom. The molecule has 0 unspecified atom stereocenters. The molecule has 3 aromatic carbocycles. The highest BCUT2D eigenvalue weighted by Gasteiger charge is 2.25. The van der Waals surface area contributed by atoms with E-state index in [0.717, 1.165) is 5.56 Å². The maximum atomic E-state index is 13.6. The zero-order chi connectivity index (χ0) is 21.8. The minimum Gasteiger partial charge on any atom is -0.350 e. The summed E-state index contributed by atoms with van der Waals surface area (Å²) in [5, 5.41) is 8.21. The van der Waals surface area contributed by atoms with Gasteiger partial charge in [0.25, 0.3) is 5.56 Å². The Morgan fingerprint density at radius 2 is 1.65 bits per heavy atom. The number of anilines is 2. The van der Waals surface area contributed by atoms with Crippen molar-refractivity contribution in [2.24, 2.45) is 0 Å². The molecule has 154 valence electrons. The fourth-order valence-corrected chi connectivity index (χ4v) is 3.55. The van der Waals surface area contributed by atoms with Crippen LogP contribution < -0.4 is 10.9 Å². The van der Waals surface area contributed by atoms with E-state index in [2.05, 4.69) is 10.4 Å². The van der Waals surface area contributed by atoms with Crippen LogP contribution >= 0.6 is 11.6 Å². The van der Waals surface area contributed by atoms with Crippen molar-refractivity contribution in [2.75, 3.05) is 5.32 Å². The van der Waals surface area contributed by atoms with Crippen LogP contribution in [0.4, 0.5) is 11.4 Å². The van der Waals surface area contributed by atoms with Crippen LogP contribution in [0, 0.1) is 0 Å². The molecule has 0 radical (unpaired) electrons. The van der Waals surface area contributed by atoms with E-state index in [0.29, 0.717) is 28.5 Å². The third-order valence-corrected chi connectivity index (χ3v) is 5.09. The maximum absolute atomic E-state index is 13.6. The van der Waals surface area contributed by atoms with Crippen LogP contribution in [0.25, 0.3) is 11.3 Å². The van der Waals surface area contributed by atoms with Crippen molar-refractivity contribution in [1.29, 1.82) is 0 Å². The Morgan fingerprint density at radius 1 is 0.968 bits per heavy atom. The highest BCUT2D eigenvalue weighted by Crippen LogP contribution is 2.30. The summed E-state index contributed by atoms with van der Waals surface area (Å²) in [7, 11) is 0. The van der Waals surface area contributed by atoms with Crippen LogP contribution in [0.2, 0.25) is 5.02 Å². The standard InChI is InChI=1S/C25H20ClN3O2/c1-2-29-25(31)23(27-20-15-9-14-19(26)16-20)21(24(30)18-12-7-4-8-13-18)22(28-29)17-10-5-3-6-11-17/h3-16,27H,2H2,1H3. The predicted octanol–water partition coefficient (Wildman–Crippen LogP) is 5.56. The Balaban J connectivity index is 2.01. The van der Waals surface area contributed by atoms with Gasteiger partial charge in [-0.2, -0.15) is 5.10 Å². The van der Waals surface area contributed by atoms with Crippen LogP contribution in [0.15, 0.2) is 89.7 Å². The number of carbonyl (C=O) groups is 1. The lowest BCUT2D eigenvalue weighted by Crippen LogP contribution is -2.28. The Hall–Kier alpha value is -3.70. The van der Waals surface area contributed by atoms with Crippen molar-refractivity contribution in [1.82, 2.24) is 9.78 Å². The van der Waals surface area contributed by atoms with E-state index < -0.39 is 0 Å². The molecule has 0 spiro atoms. The number of rotatable bonds is 6. The molecule has 4 rings (SSSR count). The van der Waals surface area contributed by atoms with Crippen molar-refractivity contribution < 1.29 is 4.79 Å². The second-order valence-electron chi connectivity index (χ2n) is 6.92. The Kier molecular flexibility index (Phi) is 5.96. The number of nitrogens with zero attached hydrogens (tertiary/aromatic N) is 2. The summed E-state index contributed by atoms with van der Waals surface area (Å²) in [6.07, 6.45) is 0. The lowest BCUT2D eigenvalue weighted by Gasteiger charge is -2.17. The molecule has 0 bridgehead atoms. The van der Waals surface area contributed by atoms with Crippen LogP contribution in [-0.4, -0.2) is 15.6 Å². The van der Waals surface area contributed by atoms with E-state index in [9.17, 15) is 9.59 Å². The molecular weight excluding hydrogens is 410 g/mol. The number of benzene rings is 3. The summed E-state index contributed by atoms with van der Waals surface area (Å²) in [5.74, 6) is -0.281. The van der Waals surface area contributed by atoms with E-state index in [1.54, 1.807) is 48.5 Å². The first kappa shape index (κ1) is 20.6. The molecule has 0 aliphatic carbocycles. The summed E-state index contributed by atoms with van der Waals surface area (Å²) >= 11 is 6.13. The number of hydrogen-bond donors (Lipinski definition) is 1. The van der Waals surface area contributed by atoms with Crippen LogP contribution in [0.1, 0.15) is 22.8 Å². The van der Waals surface area contributed by atoms with Crippen molar-refractivity contribution in [3.05, 3.63) is 111 Å². The smallest absolute Gasteiger partial charge is 0.291 e. The third kappa shape index (κ3) is 4.27. The maximum Gasteiger partial charge on any atom is 0.291 e. The Bertz CT molecular complexity index is 1290. The van der Waals surface area contributed by atoms with Crippen molar-refractivity contribution in [3.8, 4) is 11.3 Å². The molecule has 1 aromatic heterocycles. The fraction of sp³-hybridized carbons (Fsp3) is 0.0800. The van der Waals surface area contributed by atoms with Gasteiger partial charge in [-0.15, -0.1) is 0 Å². The monoisotopic (exact) mass is 429 g/mol. The van der Waals surface area contributed by atoms with Gasteiger partial charge in [0.1, 0.15) is 11.4 Å². The van der Waals surface area contributed by atoms with Gasteiger partial charge < -0.3 is 5.32 Å². The van der Waals surface area contributed by atoms with Crippen LogP contribution in [0.3, 0.4) is 0 Å². The normalized spacial score (nSPS) is 10.6. The first-order valence-corrected chi connectivity index (χ1v) is 10.3. The third-order valence-electron chi connectivity index (χ3n) is 4.86. The molecule has 1 N–H and O–H groups in total. The number of halogens is 1. The minimum absolute atomic E-state index is 0.173. The molecule has 0 aliphatic rings. The van der Waals surface area contributed by atoms with E-state index in [4.69, 9.17) is 11.6 Å². The number of nitrogens with one attached hydrogen (secondary N) is 1. The molecular formula is C25H20ClN3O2. The molecule has 6 heteroatoms. The zero-order valence-electron chi connectivity index (χ0n) is 16.9. The summed E-state index contributed by atoms with van der Waals surface area (Å²) in [5.41, 5.74) is 2.31. The lowest BCUT2D eigenvalue weighted by atomic mass is 9.97. The number of carbonyl (C=O) groups excluding carboxylic acids is 1. The number of hydrogen-bond acceptors (Lipinski definition) is 4. The van der Waals surface area contributed by atoms with Gasteiger partial charge in [0.15, 0.2) is 5.78 Å². The summed E-state index contributed by atoms with van der Waals surface area (Å²) < 4.78 is 1.36. The highest BCUT2D eigenvalue weighted by molar-refractivity contribution is 6.30. The van der Waals surface area contributed by atoms with Crippen molar-refractivity contribution in [2.45, 2.75) is 13.5 Å². The molecule has 0 saturated carbocycles. The van der Waals surface area contributed by atoms with Gasteiger partial charge in [0.05, 0.1) is 5.56 Å². The van der Waals surface area contributed by atoms with E-state index in [1.807, 2.05) is 43.3 Å². The second kappa shape index (κ2) is 8.98. The molecule has 1 heterocycles. The summed E-state index contributed by atoms with van der Waals surface area (Å²) in [6, 6.07) is 25.3. The van der Waals surface area contributed by atoms with Crippen LogP contribution in [-0.2, 0) is 6.54 Å². The first-order chi connectivity index (χ1) is 15.1. The van der Waals surface area contributed by atoms with E-state index >= 15 is 0 Å². The average Bonchev–Trinajstić information content (AvgIpc) is 2.81. The lowest BCUT2D eigenvalue weighted by molar-refractivity contribution is 0.103. The number of aromatic nitrogens is 2. The minimum atomic E-state index is -0.374. The second-order valence-corrected chi connectivity index (χ2v) is 7.35. The molecule has 31 heavy (non-hydrogen) atoms. The highest BCUT2D eigenvalue weighted by atomic mass is 35.5. The topological polar surface area (TPSA) is 64.0 Å². The predicted molar refractivity (Wildman–Crippen MR) is 124 cm³/mol. The molecule has 0 saturated heterocycles. The quantitative estimate of drug-likeness (QED) is 0.407. The molecule has 4 aromatic rings. The molecule has 0 amide bonds. The van der Waals surface area contributed by atoms with Gasteiger partial charge in [-0.3, -0.25) is 9.59 Å². The van der Waals surface area contributed by atoms with Gasteiger partial charge in [-0.1, -0.05) is 78.3 Å². The Labute approximate surface area is 184 Å². The molecule has 5 nitrogen and oxygen atoms in total. The van der Waals surface area contributed by atoms with Gasteiger partial charge >= 0.3 is 0 Å². The molecule has 0 atom stereocenters. The van der Waals surface area contributed by atoms with E-state index in [-0.39, 0.29) is 22.6 Å². The zero-order valence-corrected chi connectivity index (χ0v) is 17.6. The van der Waals surface area contributed by atoms with E-state index in [1.165, 1.54) is 4.68 Å². The van der Waals surface area contributed by atoms with Crippen molar-refractivity contribution in [3.63, 3.8) is 0 Å². The first-order valence-electron chi connectivity index (χ1n) is 9.91. The van der Waals surface area contributed by atoms with Crippen molar-refractivity contribution >= 4 is 28.8 Å². The fourth-order valence-electron chi connectivity index (χ4n) is 3.36. The molecule has 0 fully saturated rings. The van der Waals surface area contributed by atoms with Crippen LogP contribution in [0.5, 0.6) is 0 Å². The number of aryl methyl sites for hydroxylation is 1.